The van der Waals surface area contributed by atoms with Crippen molar-refractivity contribution in [1.82, 2.24) is 14.9 Å². The summed E-state index contributed by atoms with van der Waals surface area (Å²) in [6.07, 6.45) is 2.64. The van der Waals surface area contributed by atoms with Gasteiger partial charge in [0.1, 0.15) is 5.82 Å². The zero-order chi connectivity index (χ0) is 15.2. The number of hydrogen-bond donors (Lipinski definition) is 1. The molecule has 1 aromatic carbocycles. The number of amides is 1. The van der Waals surface area contributed by atoms with Gasteiger partial charge < -0.3 is 9.88 Å². The first-order valence-corrected chi connectivity index (χ1v) is 7.40. The van der Waals surface area contributed by atoms with Crippen molar-refractivity contribution in [2.24, 2.45) is 5.92 Å². The average molecular weight is 285 g/mol. The summed E-state index contributed by atoms with van der Waals surface area (Å²) in [5.41, 5.74) is 2.40. The molecule has 1 amide bonds. The fourth-order valence-electron chi connectivity index (χ4n) is 2.19. The highest BCUT2D eigenvalue weighted by atomic mass is 16.1. The van der Waals surface area contributed by atoms with Crippen molar-refractivity contribution in [1.29, 1.82) is 0 Å². The molecular formula is C17H23N3O. The monoisotopic (exact) mass is 285 g/mol. The first kappa shape index (κ1) is 15.3. The van der Waals surface area contributed by atoms with Crippen LogP contribution in [0.1, 0.15) is 30.9 Å². The van der Waals surface area contributed by atoms with Gasteiger partial charge in [-0.3, -0.25) is 4.79 Å². The quantitative estimate of drug-likeness (QED) is 0.886. The molecule has 0 saturated heterocycles. The second kappa shape index (κ2) is 7.07. The van der Waals surface area contributed by atoms with Crippen molar-refractivity contribution < 1.29 is 4.79 Å². The van der Waals surface area contributed by atoms with Gasteiger partial charge in [-0.2, -0.15) is 0 Å². The number of benzene rings is 1. The standard InChI is InChI=1S/C17H23N3O/c1-13(2)17(21)18-10-9-16-19-11-14(3)20(16)12-15-7-5-4-6-8-15/h4-8,11,13H,9-10,12H2,1-3H3,(H,18,21). The maximum absolute atomic E-state index is 11.6. The normalized spacial score (nSPS) is 10.9. The second-order valence-electron chi connectivity index (χ2n) is 5.58. The van der Waals surface area contributed by atoms with E-state index in [-0.39, 0.29) is 11.8 Å². The van der Waals surface area contributed by atoms with Crippen molar-refractivity contribution in [3.05, 3.63) is 53.6 Å². The number of nitrogens with zero attached hydrogens (tertiary/aromatic N) is 2. The van der Waals surface area contributed by atoms with Crippen molar-refractivity contribution in [2.45, 2.75) is 33.7 Å². The van der Waals surface area contributed by atoms with Crippen molar-refractivity contribution in [3.63, 3.8) is 0 Å². The number of aromatic nitrogens is 2. The molecule has 1 N–H and O–H groups in total. The van der Waals surface area contributed by atoms with Crippen LogP contribution in [0, 0.1) is 12.8 Å². The predicted molar refractivity (Wildman–Crippen MR) is 84.1 cm³/mol. The van der Waals surface area contributed by atoms with E-state index in [4.69, 9.17) is 0 Å². The molecule has 0 spiro atoms. The van der Waals surface area contributed by atoms with E-state index in [0.29, 0.717) is 6.54 Å². The van der Waals surface area contributed by atoms with Gasteiger partial charge >= 0.3 is 0 Å². The Balaban J connectivity index is 2.00. The Morgan fingerprint density at radius 1 is 1.29 bits per heavy atom. The van der Waals surface area contributed by atoms with Gasteiger partial charge in [0, 0.05) is 37.3 Å². The number of carbonyl (C=O) groups excluding carboxylic acids is 1. The van der Waals surface area contributed by atoms with Gasteiger partial charge in [-0.15, -0.1) is 0 Å². The SMILES string of the molecule is Cc1cnc(CCNC(=O)C(C)C)n1Cc1ccccc1. The lowest BCUT2D eigenvalue weighted by molar-refractivity contribution is -0.123. The Hall–Kier alpha value is -2.10. The van der Waals surface area contributed by atoms with Crippen molar-refractivity contribution in [3.8, 4) is 0 Å². The van der Waals surface area contributed by atoms with Crippen LogP contribution in [0.3, 0.4) is 0 Å². The van der Waals surface area contributed by atoms with Crippen LogP contribution in [0.4, 0.5) is 0 Å². The minimum Gasteiger partial charge on any atom is -0.355 e. The van der Waals surface area contributed by atoms with Crippen LogP contribution in [0.2, 0.25) is 0 Å². The highest BCUT2D eigenvalue weighted by Gasteiger charge is 2.09. The average Bonchev–Trinajstić information content (AvgIpc) is 2.81. The molecule has 0 fully saturated rings. The zero-order valence-electron chi connectivity index (χ0n) is 13.0. The van der Waals surface area contributed by atoms with E-state index >= 15 is 0 Å². The van der Waals surface area contributed by atoms with Crippen molar-refractivity contribution in [2.75, 3.05) is 6.54 Å². The molecule has 0 saturated carbocycles. The molecule has 21 heavy (non-hydrogen) atoms. The number of aryl methyl sites for hydroxylation is 1. The summed E-state index contributed by atoms with van der Waals surface area (Å²) < 4.78 is 2.21. The van der Waals surface area contributed by atoms with Crippen LogP contribution in [0.15, 0.2) is 36.5 Å². The van der Waals surface area contributed by atoms with E-state index in [9.17, 15) is 4.79 Å². The summed E-state index contributed by atoms with van der Waals surface area (Å²) in [6, 6.07) is 10.3. The van der Waals surface area contributed by atoms with E-state index in [0.717, 1.165) is 24.5 Å². The van der Waals surface area contributed by atoms with E-state index in [1.54, 1.807) is 0 Å². The highest BCUT2D eigenvalue weighted by Crippen LogP contribution is 2.10. The molecule has 0 aliphatic carbocycles. The van der Waals surface area contributed by atoms with Crippen LogP contribution in [-0.2, 0) is 17.8 Å². The first-order valence-electron chi connectivity index (χ1n) is 7.40. The van der Waals surface area contributed by atoms with Gasteiger partial charge in [0.25, 0.3) is 0 Å². The zero-order valence-corrected chi connectivity index (χ0v) is 13.0. The third kappa shape index (κ3) is 4.18. The molecule has 2 aromatic rings. The van der Waals surface area contributed by atoms with Gasteiger partial charge in [-0.1, -0.05) is 44.2 Å². The third-order valence-electron chi connectivity index (χ3n) is 3.49. The smallest absolute Gasteiger partial charge is 0.222 e. The molecule has 0 bridgehead atoms. The number of nitrogens with one attached hydrogen (secondary N) is 1. The second-order valence-corrected chi connectivity index (χ2v) is 5.58. The Bertz CT molecular complexity index is 587. The molecule has 0 unspecified atom stereocenters. The van der Waals surface area contributed by atoms with E-state index in [1.807, 2.05) is 38.2 Å². The third-order valence-corrected chi connectivity index (χ3v) is 3.49. The number of imidazole rings is 1. The Morgan fingerprint density at radius 2 is 2.00 bits per heavy atom. The maximum atomic E-state index is 11.6. The van der Waals surface area contributed by atoms with Gasteiger partial charge in [-0.05, 0) is 12.5 Å². The molecule has 4 heteroatoms. The largest absolute Gasteiger partial charge is 0.355 e. The topological polar surface area (TPSA) is 46.9 Å². The van der Waals surface area contributed by atoms with E-state index < -0.39 is 0 Å². The van der Waals surface area contributed by atoms with Crippen LogP contribution in [-0.4, -0.2) is 22.0 Å². The van der Waals surface area contributed by atoms with Crippen LogP contribution < -0.4 is 5.32 Å². The Labute approximate surface area is 126 Å². The number of carbonyl (C=O) groups is 1. The first-order chi connectivity index (χ1) is 10.1. The molecule has 0 aliphatic heterocycles. The lowest BCUT2D eigenvalue weighted by Crippen LogP contribution is -2.30. The van der Waals surface area contributed by atoms with Crippen LogP contribution in [0.5, 0.6) is 0 Å². The highest BCUT2D eigenvalue weighted by molar-refractivity contribution is 5.77. The predicted octanol–water partition coefficient (Wildman–Crippen LogP) is 2.55. The van der Waals surface area contributed by atoms with Gasteiger partial charge in [0.05, 0.1) is 0 Å². The number of rotatable bonds is 6. The maximum Gasteiger partial charge on any atom is 0.222 e. The van der Waals surface area contributed by atoms with Crippen molar-refractivity contribution >= 4 is 5.91 Å². The minimum atomic E-state index is 0.0239. The Kier molecular flexibility index (Phi) is 5.14. The lowest BCUT2D eigenvalue weighted by Gasteiger charge is -2.11. The molecule has 1 heterocycles. The van der Waals surface area contributed by atoms with E-state index in [1.165, 1.54) is 5.56 Å². The molecule has 1 aromatic heterocycles. The summed E-state index contributed by atoms with van der Waals surface area (Å²) >= 11 is 0. The van der Waals surface area contributed by atoms with E-state index in [2.05, 4.69) is 33.9 Å². The van der Waals surface area contributed by atoms with Gasteiger partial charge in [0.15, 0.2) is 0 Å². The molecule has 0 aliphatic rings. The molecular weight excluding hydrogens is 262 g/mol. The van der Waals surface area contributed by atoms with Gasteiger partial charge in [-0.25, -0.2) is 4.98 Å². The summed E-state index contributed by atoms with van der Waals surface area (Å²) in [4.78, 5) is 16.0. The Morgan fingerprint density at radius 3 is 2.67 bits per heavy atom. The minimum absolute atomic E-state index is 0.0239. The van der Waals surface area contributed by atoms with Crippen LogP contribution >= 0.6 is 0 Å². The molecule has 0 atom stereocenters. The number of hydrogen-bond acceptors (Lipinski definition) is 2. The lowest BCUT2D eigenvalue weighted by atomic mass is 10.2. The fourth-order valence-corrected chi connectivity index (χ4v) is 2.19. The summed E-state index contributed by atoms with van der Waals surface area (Å²) in [5.74, 6) is 1.13. The molecule has 2 rings (SSSR count). The summed E-state index contributed by atoms with van der Waals surface area (Å²) in [6.45, 7) is 7.31. The summed E-state index contributed by atoms with van der Waals surface area (Å²) in [7, 11) is 0. The molecule has 112 valence electrons. The van der Waals surface area contributed by atoms with Gasteiger partial charge in [0.2, 0.25) is 5.91 Å². The molecule has 4 nitrogen and oxygen atoms in total. The summed E-state index contributed by atoms with van der Waals surface area (Å²) in [5, 5.41) is 2.94. The molecule has 0 radical (unpaired) electrons. The fraction of sp³-hybridized carbons (Fsp3) is 0.412. The van der Waals surface area contributed by atoms with Crippen LogP contribution in [0.25, 0.3) is 0 Å².